The Balaban J connectivity index is 2.17. The Morgan fingerprint density at radius 2 is 1.65 bits per heavy atom. The number of ether oxygens (including phenoxy) is 1. The molecule has 0 N–H and O–H groups in total. The third-order valence-electron chi connectivity index (χ3n) is 2.46. The minimum absolute atomic E-state index is 0.153. The summed E-state index contributed by atoms with van der Waals surface area (Å²) >= 11 is 0. The Morgan fingerprint density at radius 3 is 2.30 bits per heavy atom. The quantitative estimate of drug-likeness (QED) is 0.767. The highest BCUT2D eigenvalue weighted by atomic mass is 19.4. The van der Waals surface area contributed by atoms with Crippen molar-refractivity contribution in [3.63, 3.8) is 0 Å². The number of hydrogen-bond donors (Lipinski definition) is 0. The first-order valence-electron chi connectivity index (χ1n) is 5.54. The molecule has 0 aliphatic carbocycles. The van der Waals surface area contributed by atoms with Gasteiger partial charge in [0.1, 0.15) is 5.75 Å². The van der Waals surface area contributed by atoms with Gasteiger partial charge in [-0.15, -0.1) is 13.2 Å². The minimum Gasteiger partial charge on any atom is -0.405 e. The molecule has 20 heavy (non-hydrogen) atoms. The average molecular weight is 287 g/mol. The Bertz CT molecular complexity index is 607. The summed E-state index contributed by atoms with van der Waals surface area (Å²) in [7, 11) is 0. The summed E-state index contributed by atoms with van der Waals surface area (Å²) in [5.74, 6) is -2.45. The first kappa shape index (κ1) is 14.3. The maximum atomic E-state index is 13.0. The Morgan fingerprint density at radius 1 is 0.950 bits per heavy atom. The second kappa shape index (κ2) is 5.48. The molecular weight excluding hydrogens is 279 g/mol. The van der Waals surface area contributed by atoms with Gasteiger partial charge < -0.3 is 4.74 Å². The molecule has 0 unspecified atom stereocenters. The molecule has 1 radical (unpaired) electrons. The largest absolute Gasteiger partial charge is 0.573 e. The smallest absolute Gasteiger partial charge is 0.405 e. The van der Waals surface area contributed by atoms with E-state index in [0.717, 1.165) is 18.2 Å². The van der Waals surface area contributed by atoms with Crippen molar-refractivity contribution < 1.29 is 26.7 Å². The maximum Gasteiger partial charge on any atom is 0.573 e. The van der Waals surface area contributed by atoms with Gasteiger partial charge in [-0.2, -0.15) is 0 Å². The van der Waals surface area contributed by atoms with Gasteiger partial charge in [0, 0.05) is 6.07 Å². The normalized spacial score (nSPS) is 11.4. The first-order chi connectivity index (χ1) is 9.33. The van der Waals surface area contributed by atoms with E-state index in [-0.39, 0.29) is 6.42 Å². The van der Waals surface area contributed by atoms with Crippen LogP contribution < -0.4 is 4.74 Å². The van der Waals surface area contributed by atoms with Gasteiger partial charge in [0.25, 0.3) is 0 Å². The van der Waals surface area contributed by atoms with Gasteiger partial charge in [0.2, 0.25) is 0 Å². The molecule has 0 aliphatic rings. The van der Waals surface area contributed by atoms with E-state index < -0.39 is 23.7 Å². The van der Waals surface area contributed by atoms with E-state index in [2.05, 4.69) is 10.8 Å². The summed E-state index contributed by atoms with van der Waals surface area (Å²) in [6.07, 6.45) is -4.64. The van der Waals surface area contributed by atoms with E-state index in [1.807, 2.05) is 0 Å². The van der Waals surface area contributed by atoms with Crippen LogP contribution in [0, 0.1) is 17.7 Å². The molecule has 2 aromatic rings. The predicted molar refractivity (Wildman–Crippen MR) is 61.1 cm³/mol. The second-order valence-corrected chi connectivity index (χ2v) is 4.03. The summed E-state index contributed by atoms with van der Waals surface area (Å²) < 4.78 is 65.7. The van der Waals surface area contributed by atoms with Crippen LogP contribution in [0.5, 0.6) is 5.75 Å². The van der Waals surface area contributed by atoms with Crippen LogP contribution in [0.2, 0.25) is 0 Å². The first-order valence-corrected chi connectivity index (χ1v) is 5.54. The van der Waals surface area contributed by atoms with Gasteiger partial charge in [-0.1, -0.05) is 18.2 Å². The topological polar surface area (TPSA) is 9.23 Å². The number of alkyl halides is 3. The van der Waals surface area contributed by atoms with E-state index in [1.165, 1.54) is 18.2 Å². The Kier molecular flexibility index (Phi) is 3.92. The van der Waals surface area contributed by atoms with Crippen molar-refractivity contribution in [3.8, 4) is 5.75 Å². The summed E-state index contributed by atoms with van der Waals surface area (Å²) in [5, 5.41) is 0. The van der Waals surface area contributed by atoms with Crippen molar-refractivity contribution in [2.75, 3.05) is 0 Å². The highest BCUT2D eigenvalue weighted by Crippen LogP contribution is 2.24. The fourth-order valence-corrected chi connectivity index (χ4v) is 1.67. The molecule has 105 valence electrons. The van der Waals surface area contributed by atoms with Crippen molar-refractivity contribution in [3.05, 3.63) is 65.2 Å². The molecule has 0 amide bonds. The second-order valence-electron chi connectivity index (χ2n) is 4.03. The fraction of sp³-hybridized carbons (Fsp3) is 0.143. The summed E-state index contributed by atoms with van der Waals surface area (Å²) in [4.78, 5) is 0. The van der Waals surface area contributed by atoms with Crippen molar-refractivity contribution in [1.29, 1.82) is 0 Å². The molecule has 0 heterocycles. The zero-order chi connectivity index (χ0) is 14.8. The van der Waals surface area contributed by atoms with Crippen molar-refractivity contribution in [2.45, 2.75) is 12.8 Å². The number of benzene rings is 2. The highest BCUT2D eigenvalue weighted by Gasteiger charge is 2.31. The molecular formula is C14H8F5O. The zero-order valence-corrected chi connectivity index (χ0v) is 9.97. The van der Waals surface area contributed by atoms with Crippen molar-refractivity contribution >= 4 is 0 Å². The van der Waals surface area contributed by atoms with Gasteiger partial charge in [0.15, 0.2) is 11.6 Å². The van der Waals surface area contributed by atoms with Crippen LogP contribution in [0.25, 0.3) is 0 Å². The van der Waals surface area contributed by atoms with Crippen LogP contribution in [-0.4, -0.2) is 6.36 Å². The van der Waals surface area contributed by atoms with Crippen LogP contribution in [0.3, 0.4) is 0 Å². The third kappa shape index (κ3) is 3.94. The summed E-state index contributed by atoms with van der Waals surface area (Å²) in [6, 6.07) is 9.56. The number of hydrogen-bond acceptors (Lipinski definition) is 1. The van der Waals surface area contributed by atoms with Crippen LogP contribution in [0.4, 0.5) is 22.0 Å². The highest BCUT2D eigenvalue weighted by molar-refractivity contribution is 5.32. The maximum absolute atomic E-state index is 13.0. The molecule has 0 saturated heterocycles. The molecule has 0 aromatic heterocycles. The molecule has 0 bridgehead atoms. The molecule has 0 spiro atoms. The average Bonchev–Trinajstić information content (AvgIpc) is 2.32. The van der Waals surface area contributed by atoms with E-state index in [0.29, 0.717) is 11.1 Å². The molecule has 1 nitrogen and oxygen atoms in total. The van der Waals surface area contributed by atoms with Crippen LogP contribution in [-0.2, 0) is 6.42 Å². The lowest BCUT2D eigenvalue weighted by Crippen LogP contribution is -2.17. The Labute approximate surface area is 111 Å². The lowest BCUT2D eigenvalue weighted by atomic mass is 10.0. The van der Waals surface area contributed by atoms with Gasteiger partial charge >= 0.3 is 6.36 Å². The molecule has 2 rings (SSSR count). The van der Waals surface area contributed by atoms with Gasteiger partial charge in [0.05, 0.1) is 0 Å². The van der Waals surface area contributed by atoms with Crippen LogP contribution >= 0.6 is 0 Å². The van der Waals surface area contributed by atoms with Crippen LogP contribution in [0.1, 0.15) is 11.1 Å². The molecule has 2 aromatic carbocycles. The minimum atomic E-state index is -4.79. The van der Waals surface area contributed by atoms with Crippen molar-refractivity contribution in [1.82, 2.24) is 0 Å². The van der Waals surface area contributed by atoms with Gasteiger partial charge in [-0.05, 0) is 35.7 Å². The predicted octanol–water partition coefficient (Wildman–Crippen LogP) is 4.25. The number of rotatable bonds is 3. The molecule has 0 aliphatic heterocycles. The van der Waals surface area contributed by atoms with Gasteiger partial charge in [-0.3, -0.25) is 0 Å². The standard InChI is InChI=1S/C14H8F5O/c15-12-5-4-10(8-13(12)16)6-9-2-1-3-11(7-9)20-14(17,18)19/h1-2,4-5,7-8H,6H2. The SMILES string of the molecule is Fc1ccc(Cc2cc[c]c(OC(F)(F)F)c2)cc1F. The van der Waals surface area contributed by atoms with E-state index in [4.69, 9.17) is 0 Å². The number of halogens is 5. The lowest BCUT2D eigenvalue weighted by molar-refractivity contribution is -0.274. The van der Waals surface area contributed by atoms with Crippen molar-refractivity contribution in [2.24, 2.45) is 0 Å². The Hall–Kier alpha value is -2.11. The lowest BCUT2D eigenvalue weighted by Gasteiger charge is -2.09. The molecule has 6 heteroatoms. The molecule has 0 atom stereocenters. The summed E-state index contributed by atoms with van der Waals surface area (Å²) in [5.41, 5.74) is 0.905. The van der Waals surface area contributed by atoms with Crippen LogP contribution in [0.15, 0.2) is 36.4 Å². The van der Waals surface area contributed by atoms with E-state index >= 15 is 0 Å². The monoisotopic (exact) mass is 287 g/mol. The fourth-order valence-electron chi connectivity index (χ4n) is 1.67. The third-order valence-corrected chi connectivity index (χ3v) is 2.46. The van der Waals surface area contributed by atoms with E-state index in [9.17, 15) is 22.0 Å². The van der Waals surface area contributed by atoms with Gasteiger partial charge in [-0.25, -0.2) is 8.78 Å². The molecule has 0 saturated carbocycles. The molecule has 0 fully saturated rings. The summed E-state index contributed by atoms with van der Waals surface area (Å²) in [6.45, 7) is 0. The van der Waals surface area contributed by atoms with E-state index in [1.54, 1.807) is 0 Å². The zero-order valence-electron chi connectivity index (χ0n) is 9.97.